The average Bonchev–Trinajstić information content (AvgIpc) is 3.21. The predicted molar refractivity (Wildman–Crippen MR) is 72.3 cm³/mol. The van der Waals surface area contributed by atoms with Crippen molar-refractivity contribution in [3.05, 3.63) is 47.2 Å². The summed E-state index contributed by atoms with van der Waals surface area (Å²) in [7, 11) is 0. The van der Waals surface area contributed by atoms with Crippen molar-refractivity contribution in [3.63, 3.8) is 0 Å². The molecular formula is C14H14ClN3. The molecule has 4 heteroatoms. The molecule has 0 saturated heterocycles. The van der Waals surface area contributed by atoms with Crippen molar-refractivity contribution < 1.29 is 0 Å². The van der Waals surface area contributed by atoms with Crippen LogP contribution in [0.3, 0.4) is 0 Å². The van der Waals surface area contributed by atoms with Crippen LogP contribution < -0.4 is 5.32 Å². The summed E-state index contributed by atoms with van der Waals surface area (Å²) in [4.78, 5) is 8.84. The summed E-state index contributed by atoms with van der Waals surface area (Å²) in [5.74, 6) is 0.690. The molecule has 92 valence electrons. The van der Waals surface area contributed by atoms with Gasteiger partial charge in [-0.3, -0.25) is 0 Å². The molecule has 1 fully saturated rings. The van der Waals surface area contributed by atoms with E-state index in [0.717, 1.165) is 17.8 Å². The van der Waals surface area contributed by atoms with E-state index in [9.17, 15) is 0 Å². The lowest BCUT2D eigenvalue weighted by atomic mass is 10.2. The van der Waals surface area contributed by atoms with Gasteiger partial charge in [0.05, 0.1) is 10.7 Å². The van der Waals surface area contributed by atoms with Crippen molar-refractivity contribution in [2.75, 3.05) is 0 Å². The van der Waals surface area contributed by atoms with E-state index >= 15 is 0 Å². The summed E-state index contributed by atoms with van der Waals surface area (Å²) in [6, 6.07) is 10.3. The van der Waals surface area contributed by atoms with Crippen molar-refractivity contribution in [3.8, 4) is 11.4 Å². The second kappa shape index (κ2) is 5.04. The quantitative estimate of drug-likeness (QED) is 0.917. The fourth-order valence-corrected chi connectivity index (χ4v) is 2.02. The van der Waals surface area contributed by atoms with E-state index in [1.807, 2.05) is 30.3 Å². The molecule has 18 heavy (non-hydrogen) atoms. The number of rotatable bonds is 4. The molecule has 3 rings (SSSR count). The van der Waals surface area contributed by atoms with Crippen LogP contribution in [0.15, 0.2) is 36.5 Å². The molecule has 0 aliphatic heterocycles. The van der Waals surface area contributed by atoms with Crippen LogP contribution >= 0.6 is 11.6 Å². The number of aromatic nitrogens is 2. The number of hydrogen-bond acceptors (Lipinski definition) is 3. The van der Waals surface area contributed by atoms with E-state index in [1.165, 1.54) is 12.8 Å². The third-order valence-electron chi connectivity index (χ3n) is 2.98. The first-order chi connectivity index (χ1) is 8.83. The highest BCUT2D eigenvalue weighted by Gasteiger charge is 2.20. The third kappa shape index (κ3) is 2.68. The maximum absolute atomic E-state index is 6.15. The molecule has 0 radical (unpaired) electrons. The number of nitrogens with one attached hydrogen (secondary N) is 1. The van der Waals surface area contributed by atoms with E-state index in [4.69, 9.17) is 11.6 Å². The van der Waals surface area contributed by atoms with Gasteiger partial charge in [-0.2, -0.15) is 0 Å². The zero-order valence-electron chi connectivity index (χ0n) is 9.94. The fraction of sp³-hybridized carbons (Fsp3) is 0.286. The first-order valence-corrected chi connectivity index (χ1v) is 6.51. The lowest BCUT2D eigenvalue weighted by molar-refractivity contribution is 0.673. The molecule has 0 unspecified atom stereocenters. The molecule has 1 heterocycles. The van der Waals surface area contributed by atoms with Crippen molar-refractivity contribution in [1.82, 2.24) is 15.3 Å². The summed E-state index contributed by atoms with van der Waals surface area (Å²) in [6.07, 6.45) is 4.35. The number of benzene rings is 1. The Bertz CT molecular complexity index is 552. The second-order valence-corrected chi connectivity index (χ2v) is 4.91. The van der Waals surface area contributed by atoms with Gasteiger partial charge in [0.1, 0.15) is 0 Å². The van der Waals surface area contributed by atoms with Gasteiger partial charge < -0.3 is 5.32 Å². The normalized spacial score (nSPS) is 14.7. The van der Waals surface area contributed by atoms with Gasteiger partial charge in [0.25, 0.3) is 0 Å². The van der Waals surface area contributed by atoms with E-state index in [1.54, 1.807) is 6.20 Å². The Morgan fingerprint density at radius 1 is 1.22 bits per heavy atom. The number of nitrogens with zero attached hydrogens (tertiary/aromatic N) is 2. The molecule has 1 aromatic carbocycles. The Morgan fingerprint density at radius 3 is 2.83 bits per heavy atom. The maximum atomic E-state index is 6.15. The predicted octanol–water partition coefficient (Wildman–Crippen LogP) is 3.05. The minimum Gasteiger partial charge on any atom is -0.308 e. The zero-order chi connectivity index (χ0) is 12.4. The molecular weight excluding hydrogens is 246 g/mol. The van der Waals surface area contributed by atoms with Gasteiger partial charge >= 0.3 is 0 Å². The highest BCUT2D eigenvalue weighted by atomic mass is 35.5. The highest BCUT2D eigenvalue weighted by molar-refractivity contribution is 6.33. The fourth-order valence-electron chi connectivity index (χ4n) is 1.80. The molecule has 1 aromatic heterocycles. The zero-order valence-corrected chi connectivity index (χ0v) is 10.7. The van der Waals surface area contributed by atoms with Gasteiger partial charge in [0.2, 0.25) is 0 Å². The van der Waals surface area contributed by atoms with Gasteiger partial charge in [-0.25, -0.2) is 9.97 Å². The molecule has 1 aliphatic carbocycles. The third-order valence-corrected chi connectivity index (χ3v) is 3.31. The van der Waals surface area contributed by atoms with Gasteiger partial charge in [-0.15, -0.1) is 0 Å². The Kier molecular flexibility index (Phi) is 3.26. The summed E-state index contributed by atoms with van der Waals surface area (Å²) in [6.45, 7) is 0.796. The van der Waals surface area contributed by atoms with Crippen LogP contribution in [0, 0.1) is 0 Å². The molecule has 1 saturated carbocycles. The van der Waals surface area contributed by atoms with Gasteiger partial charge in [0.15, 0.2) is 5.82 Å². The molecule has 0 bridgehead atoms. The molecule has 0 amide bonds. The first-order valence-electron chi connectivity index (χ1n) is 6.13. The van der Waals surface area contributed by atoms with E-state index < -0.39 is 0 Å². The summed E-state index contributed by atoms with van der Waals surface area (Å²) >= 11 is 6.15. The Hall–Kier alpha value is -1.45. The standard InChI is InChI=1S/C14H14ClN3/c15-13-4-2-1-3-12(13)14-16-8-7-11(18-14)9-17-10-5-6-10/h1-4,7-8,10,17H,5-6,9H2. The van der Waals surface area contributed by atoms with E-state index in [2.05, 4.69) is 15.3 Å². The number of hydrogen-bond donors (Lipinski definition) is 1. The van der Waals surface area contributed by atoms with E-state index in [-0.39, 0.29) is 0 Å². The van der Waals surface area contributed by atoms with Gasteiger partial charge in [0, 0.05) is 24.3 Å². The average molecular weight is 260 g/mol. The Morgan fingerprint density at radius 2 is 2.06 bits per heavy atom. The molecule has 3 nitrogen and oxygen atoms in total. The lowest BCUT2D eigenvalue weighted by Gasteiger charge is -2.06. The Labute approximate surface area is 111 Å². The van der Waals surface area contributed by atoms with Crippen LogP contribution in [0.2, 0.25) is 5.02 Å². The van der Waals surface area contributed by atoms with E-state index in [0.29, 0.717) is 16.9 Å². The van der Waals surface area contributed by atoms with Crippen LogP contribution in [0.1, 0.15) is 18.5 Å². The van der Waals surface area contributed by atoms with Gasteiger partial charge in [-0.1, -0.05) is 23.7 Å². The highest BCUT2D eigenvalue weighted by Crippen LogP contribution is 2.24. The smallest absolute Gasteiger partial charge is 0.160 e. The van der Waals surface area contributed by atoms with Gasteiger partial charge in [-0.05, 0) is 31.0 Å². The van der Waals surface area contributed by atoms with Crippen molar-refractivity contribution in [1.29, 1.82) is 0 Å². The summed E-state index contributed by atoms with van der Waals surface area (Å²) < 4.78 is 0. The molecule has 2 aromatic rings. The van der Waals surface area contributed by atoms with Crippen LogP contribution in [-0.4, -0.2) is 16.0 Å². The lowest BCUT2D eigenvalue weighted by Crippen LogP contribution is -2.16. The summed E-state index contributed by atoms with van der Waals surface area (Å²) in [5.41, 5.74) is 1.89. The molecule has 0 spiro atoms. The van der Waals surface area contributed by atoms with Crippen molar-refractivity contribution in [2.24, 2.45) is 0 Å². The van der Waals surface area contributed by atoms with Crippen LogP contribution in [-0.2, 0) is 6.54 Å². The first kappa shape index (κ1) is 11.6. The number of halogens is 1. The monoisotopic (exact) mass is 259 g/mol. The minimum absolute atomic E-state index is 0.684. The van der Waals surface area contributed by atoms with Crippen LogP contribution in [0.5, 0.6) is 0 Å². The van der Waals surface area contributed by atoms with Crippen LogP contribution in [0.25, 0.3) is 11.4 Å². The van der Waals surface area contributed by atoms with Crippen LogP contribution in [0.4, 0.5) is 0 Å². The minimum atomic E-state index is 0.684. The largest absolute Gasteiger partial charge is 0.308 e. The Balaban J connectivity index is 1.83. The second-order valence-electron chi connectivity index (χ2n) is 4.51. The maximum Gasteiger partial charge on any atom is 0.160 e. The van der Waals surface area contributed by atoms with Crippen molar-refractivity contribution >= 4 is 11.6 Å². The molecule has 1 N–H and O–H groups in total. The SMILES string of the molecule is Clc1ccccc1-c1nccc(CNC2CC2)n1. The molecule has 1 aliphatic rings. The topological polar surface area (TPSA) is 37.8 Å². The van der Waals surface area contributed by atoms with Crippen molar-refractivity contribution in [2.45, 2.75) is 25.4 Å². The summed E-state index contributed by atoms with van der Waals surface area (Å²) in [5, 5.41) is 4.13. The molecule has 0 atom stereocenters.